The second kappa shape index (κ2) is 12.1. The number of ether oxygens (including phenoxy) is 1. The number of nitrogens with zero attached hydrogens (tertiary/aromatic N) is 6. The van der Waals surface area contributed by atoms with Gasteiger partial charge in [0.15, 0.2) is 5.16 Å². The summed E-state index contributed by atoms with van der Waals surface area (Å²) >= 11 is 1.54. The predicted octanol–water partition coefficient (Wildman–Crippen LogP) is 5.66. The molecule has 9 heteroatoms. The Morgan fingerprint density at radius 1 is 1.00 bits per heavy atom. The standard InChI is InChI=1S/C32H32N6O2S/c1-41-31-34-28-21-36(29-13-7-11-24-10-5-6-12-26(24)29)17-15-27(28)30(35-31)37-18-19-38(25(20-37)14-16-33)32(39)40-22-23-8-3-2-4-9-23/h2-13,25H,14-15,17-22H2,1H3. The minimum absolute atomic E-state index is 0.211. The number of aromatic nitrogens is 2. The van der Waals surface area contributed by atoms with Gasteiger partial charge in [0, 0.05) is 42.8 Å². The molecule has 2 aliphatic rings. The van der Waals surface area contributed by atoms with Crippen LogP contribution in [-0.4, -0.2) is 59.4 Å². The van der Waals surface area contributed by atoms with Gasteiger partial charge in [-0.1, -0.05) is 78.5 Å². The predicted molar refractivity (Wildman–Crippen MR) is 162 cm³/mol. The van der Waals surface area contributed by atoms with E-state index in [0.717, 1.165) is 40.8 Å². The number of thioether (sulfide) groups is 1. The number of anilines is 2. The Kier molecular flexibility index (Phi) is 7.92. The van der Waals surface area contributed by atoms with E-state index < -0.39 is 0 Å². The molecule has 41 heavy (non-hydrogen) atoms. The van der Waals surface area contributed by atoms with Gasteiger partial charge in [-0.15, -0.1) is 0 Å². The van der Waals surface area contributed by atoms with Crippen LogP contribution < -0.4 is 9.80 Å². The number of carbonyl (C=O) groups excluding carboxylic acids is 1. The Hall–Kier alpha value is -4.29. The molecule has 0 bridgehead atoms. The molecule has 1 aromatic heterocycles. The number of piperazine rings is 1. The van der Waals surface area contributed by atoms with Crippen molar-refractivity contribution in [3.8, 4) is 6.07 Å². The number of nitriles is 1. The summed E-state index contributed by atoms with van der Waals surface area (Å²) in [7, 11) is 0. The van der Waals surface area contributed by atoms with Crippen molar-refractivity contribution >= 4 is 40.1 Å². The third-order valence-corrected chi connectivity index (χ3v) is 8.41. The van der Waals surface area contributed by atoms with Crippen molar-refractivity contribution < 1.29 is 9.53 Å². The zero-order valence-electron chi connectivity index (χ0n) is 23.1. The van der Waals surface area contributed by atoms with Gasteiger partial charge < -0.3 is 19.4 Å². The van der Waals surface area contributed by atoms with E-state index in [0.29, 0.717) is 26.2 Å². The molecule has 1 unspecified atom stereocenters. The molecule has 0 spiro atoms. The highest BCUT2D eigenvalue weighted by atomic mass is 32.2. The number of carbonyl (C=O) groups is 1. The summed E-state index contributed by atoms with van der Waals surface area (Å²) in [5, 5.41) is 12.8. The van der Waals surface area contributed by atoms with Crippen molar-refractivity contribution in [3.05, 3.63) is 89.6 Å². The van der Waals surface area contributed by atoms with Crippen LogP contribution in [0.15, 0.2) is 78.0 Å². The summed E-state index contributed by atoms with van der Waals surface area (Å²) in [4.78, 5) is 29.3. The second-order valence-electron chi connectivity index (χ2n) is 10.3. The Bertz CT molecular complexity index is 1590. The highest BCUT2D eigenvalue weighted by Crippen LogP contribution is 2.34. The van der Waals surface area contributed by atoms with Crippen LogP contribution in [0.4, 0.5) is 16.3 Å². The van der Waals surface area contributed by atoms with Crippen LogP contribution in [0, 0.1) is 11.3 Å². The largest absolute Gasteiger partial charge is 0.445 e. The van der Waals surface area contributed by atoms with E-state index in [4.69, 9.17) is 14.7 Å². The molecule has 1 atom stereocenters. The monoisotopic (exact) mass is 564 g/mol. The van der Waals surface area contributed by atoms with Crippen molar-refractivity contribution in [2.45, 2.75) is 37.2 Å². The SMILES string of the molecule is CSc1nc2c(c(N3CCN(C(=O)OCc4ccccc4)C(CC#N)C3)n1)CCN(c1cccc3ccccc13)C2. The molecule has 0 saturated carbocycles. The number of amides is 1. The molecule has 6 rings (SSSR count). The van der Waals surface area contributed by atoms with Gasteiger partial charge in [-0.2, -0.15) is 5.26 Å². The third-order valence-electron chi connectivity index (χ3n) is 7.86. The molecule has 1 amide bonds. The number of hydrogen-bond donors (Lipinski definition) is 0. The van der Waals surface area contributed by atoms with Gasteiger partial charge in [0.1, 0.15) is 12.4 Å². The highest BCUT2D eigenvalue weighted by molar-refractivity contribution is 7.98. The van der Waals surface area contributed by atoms with E-state index in [2.05, 4.69) is 58.3 Å². The molecule has 0 N–H and O–H groups in total. The van der Waals surface area contributed by atoms with Gasteiger partial charge in [0.2, 0.25) is 0 Å². The van der Waals surface area contributed by atoms with Crippen LogP contribution in [-0.2, 0) is 24.3 Å². The van der Waals surface area contributed by atoms with Gasteiger partial charge >= 0.3 is 6.09 Å². The van der Waals surface area contributed by atoms with Gasteiger partial charge in [-0.25, -0.2) is 14.8 Å². The van der Waals surface area contributed by atoms with Crippen LogP contribution in [0.3, 0.4) is 0 Å². The van der Waals surface area contributed by atoms with Crippen LogP contribution in [0.2, 0.25) is 0 Å². The quantitative estimate of drug-likeness (QED) is 0.219. The number of fused-ring (bicyclic) bond motifs is 2. The lowest BCUT2D eigenvalue weighted by molar-refractivity contribution is 0.0767. The smallest absolute Gasteiger partial charge is 0.410 e. The fourth-order valence-electron chi connectivity index (χ4n) is 5.80. The van der Waals surface area contributed by atoms with Crippen LogP contribution in [0.25, 0.3) is 10.8 Å². The van der Waals surface area contributed by atoms with Gasteiger partial charge in [0.25, 0.3) is 0 Å². The van der Waals surface area contributed by atoms with Crippen molar-refractivity contribution in [2.75, 3.05) is 42.2 Å². The van der Waals surface area contributed by atoms with Gasteiger partial charge in [0.05, 0.1) is 30.8 Å². The minimum Gasteiger partial charge on any atom is -0.445 e. The normalized spacial score (nSPS) is 16.8. The molecule has 0 aliphatic carbocycles. The third kappa shape index (κ3) is 5.66. The van der Waals surface area contributed by atoms with E-state index in [-0.39, 0.29) is 25.2 Å². The Morgan fingerprint density at radius 2 is 1.80 bits per heavy atom. The first-order valence-electron chi connectivity index (χ1n) is 13.9. The van der Waals surface area contributed by atoms with Gasteiger partial charge in [-0.3, -0.25) is 0 Å². The Balaban J connectivity index is 1.22. The molecule has 208 valence electrons. The summed E-state index contributed by atoms with van der Waals surface area (Å²) in [6.45, 7) is 3.40. The van der Waals surface area contributed by atoms with E-state index in [1.807, 2.05) is 36.6 Å². The molecular formula is C32H32N6O2S. The molecule has 3 heterocycles. The first-order valence-corrected chi connectivity index (χ1v) is 15.1. The molecule has 3 aromatic carbocycles. The van der Waals surface area contributed by atoms with Crippen LogP contribution in [0.1, 0.15) is 23.2 Å². The summed E-state index contributed by atoms with van der Waals surface area (Å²) in [5.74, 6) is 0.928. The lowest BCUT2D eigenvalue weighted by atomic mass is 10.0. The van der Waals surface area contributed by atoms with E-state index in [9.17, 15) is 10.1 Å². The van der Waals surface area contributed by atoms with E-state index >= 15 is 0 Å². The zero-order valence-corrected chi connectivity index (χ0v) is 23.9. The topological polar surface area (TPSA) is 85.6 Å². The van der Waals surface area contributed by atoms with Crippen LogP contribution >= 0.6 is 11.8 Å². The first-order chi connectivity index (χ1) is 20.1. The fraction of sp³-hybridized carbons (Fsp3) is 0.312. The van der Waals surface area contributed by atoms with E-state index in [1.54, 1.807) is 4.90 Å². The maximum atomic E-state index is 13.0. The summed E-state index contributed by atoms with van der Waals surface area (Å²) in [6, 6.07) is 26.6. The second-order valence-corrected chi connectivity index (χ2v) is 11.1. The molecule has 8 nitrogen and oxygen atoms in total. The zero-order chi connectivity index (χ0) is 28.2. The maximum Gasteiger partial charge on any atom is 0.410 e. The number of hydrogen-bond acceptors (Lipinski definition) is 8. The Morgan fingerprint density at radius 3 is 2.63 bits per heavy atom. The van der Waals surface area contributed by atoms with Crippen molar-refractivity contribution in [1.29, 1.82) is 5.26 Å². The molecule has 4 aromatic rings. The molecule has 2 aliphatic heterocycles. The van der Waals surface area contributed by atoms with E-state index in [1.165, 1.54) is 28.2 Å². The van der Waals surface area contributed by atoms with Crippen LogP contribution in [0.5, 0.6) is 0 Å². The van der Waals surface area contributed by atoms with Crippen molar-refractivity contribution in [1.82, 2.24) is 14.9 Å². The fourth-order valence-corrected chi connectivity index (χ4v) is 6.18. The van der Waals surface area contributed by atoms with Crippen molar-refractivity contribution in [3.63, 3.8) is 0 Å². The molecule has 1 saturated heterocycles. The Labute approximate surface area is 244 Å². The number of benzene rings is 3. The first kappa shape index (κ1) is 26.9. The maximum absolute atomic E-state index is 13.0. The molecule has 0 radical (unpaired) electrons. The summed E-state index contributed by atoms with van der Waals surface area (Å²) in [6.07, 6.45) is 2.67. The highest BCUT2D eigenvalue weighted by Gasteiger charge is 2.34. The lowest BCUT2D eigenvalue weighted by Gasteiger charge is -2.42. The summed E-state index contributed by atoms with van der Waals surface area (Å²) < 4.78 is 5.62. The number of rotatable bonds is 6. The minimum atomic E-state index is -0.381. The van der Waals surface area contributed by atoms with Crippen molar-refractivity contribution in [2.24, 2.45) is 0 Å². The summed E-state index contributed by atoms with van der Waals surface area (Å²) in [5.41, 5.74) is 4.36. The average Bonchev–Trinajstić information content (AvgIpc) is 3.03. The average molecular weight is 565 g/mol. The molecular weight excluding hydrogens is 532 g/mol. The van der Waals surface area contributed by atoms with Gasteiger partial charge in [-0.05, 0) is 29.7 Å². The lowest BCUT2D eigenvalue weighted by Crippen LogP contribution is -2.55. The molecule has 1 fully saturated rings.